The highest BCUT2D eigenvalue weighted by molar-refractivity contribution is 5.99. The second kappa shape index (κ2) is 9.60. The van der Waals surface area contributed by atoms with Crippen LogP contribution in [0.2, 0.25) is 0 Å². The van der Waals surface area contributed by atoms with E-state index in [2.05, 4.69) is 18.9 Å². The summed E-state index contributed by atoms with van der Waals surface area (Å²) in [5, 5.41) is 4.64. The number of aromatic nitrogens is 3. The number of rotatable bonds is 6. The van der Waals surface area contributed by atoms with E-state index < -0.39 is 0 Å². The van der Waals surface area contributed by atoms with E-state index in [1.807, 2.05) is 34.8 Å². The Kier molecular flexibility index (Phi) is 6.77. The number of fused-ring (bicyclic) bond motifs is 1. The lowest BCUT2D eigenvalue weighted by atomic mass is 9.93. The quantitative estimate of drug-likeness (QED) is 0.548. The third-order valence-corrected chi connectivity index (χ3v) is 6.85. The van der Waals surface area contributed by atoms with Crippen molar-refractivity contribution in [1.82, 2.24) is 24.1 Å². The molecule has 3 heterocycles. The van der Waals surface area contributed by atoms with Crippen LogP contribution in [0.15, 0.2) is 30.6 Å². The van der Waals surface area contributed by atoms with Crippen LogP contribution in [0.4, 0.5) is 4.39 Å². The van der Waals surface area contributed by atoms with Gasteiger partial charge in [-0.3, -0.25) is 14.3 Å². The predicted molar refractivity (Wildman–Crippen MR) is 130 cm³/mol. The summed E-state index contributed by atoms with van der Waals surface area (Å²) in [7, 11) is 5.31. The Labute approximate surface area is 200 Å². The zero-order chi connectivity index (χ0) is 24.6. The summed E-state index contributed by atoms with van der Waals surface area (Å²) in [6.45, 7) is 5.85. The second-order valence-electron chi connectivity index (χ2n) is 9.77. The van der Waals surface area contributed by atoms with Gasteiger partial charge in [0, 0.05) is 76.5 Å². The van der Waals surface area contributed by atoms with Crippen molar-refractivity contribution < 1.29 is 14.0 Å². The molecule has 0 N–H and O–H groups in total. The molecule has 1 aliphatic heterocycles. The number of aryl methyl sites for hydroxylation is 2. The van der Waals surface area contributed by atoms with E-state index in [9.17, 15) is 9.59 Å². The minimum Gasteiger partial charge on any atom is -0.345 e. The Morgan fingerprint density at radius 3 is 2.68 bits per heavy atom. The highest BCUT2D eigenvalue weighted by atomic mass is 19.1. The van der Waals surface area contributed by atoms with Crippen molar-refractivity contribution in [3.8, 4) is 0 Å². The van der Waals surface area contributed by atoms with Gasteiger partial charge in [-0.2, -0.15) is 5.10 Å². The summed E-state index contributed by atoms with van der Waals surface area (Å²) in [5.74, 6) is -0.303. The van der Waals surface area contributed by atoms with Crippen molar-refractivity contribution in [2.75, 3.05) is 27.2 Å². The fourth-order valence-corrected chi connectivity index (χ4v) is 5.11. The van der Waals surface area contributed by atoms with Gasteiger partial charge >= 0.3 is 0 Å². The molecular formula is C26H34FN5O2. The Balaban J connectivity index is 1.66. The van der Waals surface area contributed by atoms with Gasteiger partial charge < -0.3 is 14.4 Å². The maximum atomic E-state index is 16.0. The van der Waals surface area contributed by atoms with Crippen molar-refractivity contribution in [2.24, 2.45) is 7.05 Å². The average Bonchev–Trinajstić information content (AvgIpc) is 3.42. The van der Waals surface area contributed by atoms with Crippen molar-refractivity contribution in [3.05, 3.63) is 53.2 Å². The number of carbonyl (C=O) groups excluding carboxylic acids is 2. The van der Waals surface area contributed by atoms with E-state index in [-0.39, 0.29) is 29.5 Å². The highest BCUT2D eigenvalue weighted by Crippen LogP contribution is 2.38. The number of nitrogens with zero attached hydrogens (tertiary/aromatic N) is 5. The summed E-state index contributed by atoms with van der Waals surface area (Å²) in [4.78, 5) is 28.9. The molecule has 0 bridgehead atoms. The Morgan fingerprint density at radius 1 is 1.26 bits per heavy atom. The van der Waals surface area contributed by atoms with E-state index in [0.29, 0.717) is 42.7 Å². The first-order valence-corrected chi connectivity index (χ1v) is 12.0. The molecule has 0 radical (unpaired) electrons. The lowest BCUT2D eigenvalue weighted by Crippen LogP contribution is -2.40. The summed E-state index contributed by atoms with van der Waals surface area (Å²) >= 11 is 0. The number of likely N-dealkylation sites (tertiary alicyclic amines) is 1. The van der Waals surface area contributed by atoms with Crippen LogP contribution in [0.3, 0.4) is 0 Å². The summed E-state index contributed by atoms with van der Waals surface area (Å²) in [6.07, 6.45) is 5.58. The molecule has 1 atom stereocenters. The minimum atomic E-state index is -0.274. The van der Waals surface area contributed by atoms with E-state index >= 15 is 4.39 Å². The molecule has 1 aromatic carbocycles. The van der Waals surface area contributed by atoms with Crippen LogP contribution >= 0.6 is 0 Å². The van der Waals surface area contributed by atoms with Gasteiger partial charge in [-0.05, 0) is 42.5 Å². The van der Waals surface area contributed by atoms with Crippen LogP contribution in [-0.2, 0) is 18.4 Å². The molecule has 1 saturated heterocycles. The normalized spacial score (nSPS) is 16.4. The van der Waals surface area contributed by atoms with Crippen LogP contribution in [-0.4, -0.2) is 63.1 Å². The van der Waals surface area contributed by atoms with Crippen molar-refractivity contribution in [3.63, 3.8) is 0 Å². The molecular weight excluding hydrogens is 433 g/mol. The smallest absolute Gasteiger partial charge is 0.253 e. The first kappa shape index (κ1) is 24.0. The standard InChI is InChI=1S/C26H34FN5O2/c1-17(2)20-14-19(26(34)29(3)4)15-21-23(27)24(30(5)25(20)21)18-8-6-11-31(16-18)22(33)9-13-32-12-7-10-28-32/h7,10,12,14-15,17-18H,6,8-9,11,13,16H2,1-5H3/t18-/m1/s1. The van der Waals surface area contributed by atoms with E-state index in [4.69, 9.17) is 0 Å². The van der Waals surface area contributed by atoms with Gasteiger partial charge in [0.05, 0.1) is 11.2 Å². The van der Waals surface area contributed by atoms with Gasteiger partial charge in [0.1, 0.15) is 0 Å². The van der Waals surface area contributed by atoms with Gasteiger partial charge in [-0.1, -0.05) is 13.8 Å². The lowest BCUT2D eigenvalue weighted by molar-refractivity contribution is -0.132. The van der Waals surface area contributed by atoms with E-state index in [1.54, 1.807) is 31.0 Å². The summed E-state index contributed by atoms with van der Waals surface area (Å²) in [6, 6.07) is 5.41. The van der Waals surface area contributed by atoms with Crippen LogP contribution in [0.25, 0.3) is 10.9 Å². The largest absolute Gasteiger partial charge is 0.345 e. The molecule has 0 unspecified atom stereocenters. The number of piperidine rings is 1. The first-order chi connectivity index (χ1) is 16.2. The van der Waals surface area contributed by atoms with Crippen LogP contribution < -0.4 is 0 Å². The minimum absolute atomic E-state index is 0.0705. The second-order valence-corrected chi connectivity index (χ2v) is 9.77. The Bertz CT molecular complexity index is 1200. The third kappa shape index (κ3) is 4.45. The number of benzene rings is 1. The van der Waals surface area contributed by atoms with Gasteiger partial charge in [0.15, 0.2) is 5.82 Å². The number of halogens is 1. The maximum Gasteiger partial charge on any atom is 0.253 e. The van der Waals surface area contributed by atoms with E-state index in [1.165, 1.54) is 4.90 Å². The van der Waals surface area contributed by atoms with Crippen molar-refractivity contribution >= 4 is 22.7 Å². The average molecular weight is 468 g/mol. The van der Waals surface area contributed by atoms with E-state index in [0.717, 1.165) is 23.9 Å². The van der Waals surface area contributed by atoms with Gasteiger partial charge in [0.25, 0.3) is 5.91 Å². The zero-order valence-electron chi connectivity index (χ0n) is 20.7. The van der Waals surface area contributed by atoms with Gasteiger partial charge in [0.2, 0.25) is 5.91 Å². The zero-order valence-corrected chi connectivity index (χ0v) is 20.7. The number of hydrogen-bond acceptors (Lipinski definition) is 3. The molecule has 1 aliphatic rings. The Hall–Kier alpha value is -3.16. The van der Waals surface area contributed by atoms with Crippen molar-refractivity contribution in [2.45, 2.75) is 51.5 Å². The van der Waals surface area contributed by atoms with Crippen LogP contribution in [0.5, 0.6) is 0 Å². The fourth-order valence-electron chi connectivity index (χ4n) is 5.11. The van der Waals surface area contributed by atoms with Crippen LogP contribution in [0.1, 0.15) is 66.6 Å². The molecule has 2 aromatic heterocycles. The Morgan fingerprint density at radius 2 is 2.03 bits per heavy atom. The predicted octanol–water partition coefficient (Wildman–Crippen LogP) is 4.14. The summed E-state index contributed by atoms with van der Waals surface area (Å²) in [5.41, 5.74) is 2.91. The molecule has 2 amide bonds. The fraction of sp³-hybridized carbons (Fsp3) is 0.500. The molecule has 0 spiro atoms. The molecule has 7 nitrogen and oxygen atoms in total. The summed E-state index contributed by atoms with van der Waals surface area (Å²) < 4.78 is 19.7. The SMILES string of the molecule is CC(C)c1cc(C(=O)N(C)C)cc2c(F)c([C@@H]3CCCN(C(=O)CCn4cccn4)C3)n(C)c12. The van der Waals surface area contributed by atoms with Crippen molar-refractivity contribution in [1.29, 1.82) is 0 Å². The molecule has 3 aromatic rings. The molecule has 1 fully saturated rings. The third-order valence-electron chi connectivity index (χ3n) is 6.85. The first-order valence-electron chi connectivity index (χ1n) is 12.0. The highest BCUT2D eigenvalue weighted by Gasteiger charge is 2.31. The molecule has 34 heavy (non-hydrogen) atoms. The molecule has 4 rings (SSSR count). The molecule has 0 aliphatic carbocycles. The maximum absolute atomic E-state index is 16.0. The molecule has 8 heteroatoms. The number of carbonyl (C=O) groups is 2. The van der Waals surface area contributed by atoms with Gasteiger partial charge in [-0.25, -0.2) is 4.39 Å². The van der Waals surface area contributed by atoms with Gasteiger partial charge in [-0.15, -0.1) is 0 Å². The number of amides is 2. The topological polar surface area (TPSA) is 63.4 Å². The number of hydrogen-bond donors (Lipinski definition) is 0. The lowest BCUT2D eigenvalue weighted by Gasteiger charge is -2.33. The monoisotopic (exact) mass is 467 g/mol. The van der Waals surface area contributed by atoms with Crippen LogP contribution in [0, 0.1) is 5.82 Å². The molecule has 182 valence electrons. The molecule has 0 saturated carbocycles.